The van der Waals surface area contributed by atoms with Gasteiger partial charge in [0.2, 0.25) is 5.88 Å². The Labute approximate surface area is 165 Å². The van der Waals surface area contributed by atoms with E-state index in [0.717, 1.165) is 28.5 Å². The Morgan fingerprint density at radius 2 is 1.96 bits per heavy atom. The summed E-state index contributed by atoms with van der Waals surface area (Å²) < 4.78 is 5.85. The number of nitrogens with one attached hydrogen (secondary N) is 1. The highest BCUT2D eigenvalue weighted by Gasteiger charge is 2.37. The number of fused-ring (bicyclic) bond motifs is 1. The summed E-state index contributed by atoms with van der Waals surface area (Å²) in [5.41, 5.74) is 2.98. The summed E-state index contributed by atoms with van der Waals surface area (Å²) in [5.74, 6) is 0.478. The average Bonchev–Trinajstić information content (AvgIpc) is 2.67. The predicted octanol–water partition coefficient (Wildman–Crippen LogP) is 5.50. The molecule has 4 nitrogen and oxygen atoms in total. The molecule has 0 spiro atoms. The Hall–Kier alpha value is -2.17. The van der Waals surface area contributed by atoms with E-state index in [9.17, 15) is 0 Å². The molecule has 1 aliphatic heterocycles. The first-order valence-electron chi connectivity index (χ1n) is 9.44. The van der Waals surface area contributed by atoms with Crippen LogP contribution < -0.4 is 10.1 Å². The standard InChI is InChI=1S/C20H20ClN3O.C2H6/c1-13-10-20(2,24-13)12-25-19-17(21)9-14(11-23-19)15-7-8-22-18-6-4-3-5-16(15)18;1-2/h3-9,11,13,24H,10,12H2,1-2H3;1-2H3/t13?,20-;/m0./s1. The maximum absolute atomic E-state index is 6.43. The van der Waals surface area contributed by atoms with Crippen LogP contribution in [-0.2, 0) is 0 Å². The molecule has 27 heavy (non-hydrogen) atoms. The molecule has 1 saturated heterocycles. The van der Waals surface area contributed by atoms with Gasteiger partial charge in [-0.05, 0) is 44.0 Å². The molecule has 1 N–H and O–H groups in total. The lowest BCUT2D eigenvalue weighted by Crippen LogP contribution is -2.63. The Balaban J connectivity index is 0.00000102. The Kier molecular flexibility index (Phi) is 5.98. The second-order valence-electron chi connectivity index (χ2n) is 6.99. The van der Waals surface area contributed by atoms with E-state index >= 15 is 0 Å². The van der Waals surface area contributed by atoms with E-state index in [1.165, 1.54) is 0 Å². The van der Waals surface area contributed by atoms with Gasteiger partial charge in [-0.1, -0.05) is 43.6 Å². The topological polar surface area (TPSA) is 47.0 Å². The first-order chi connectivity index (χ1) is 13.0. The van der Waals surface area contributed by atoms with Crippen molar-refractivity contribution in [2.24, 2.45) is 0 Å². The van der Waals surface area contributed by atoms with Crippen molar-refractivity contribution >= 4 is 22.5 Å². The van der Waals surface area contributed by atoms with Gasteiger partial charge in [-0.15, -0.1) is 0 Å². The lowest BCUT2D eigenvalue weighted by Gasteiger charge is -2.44. The highest BCUT2D eigenvalue weighted by atomic mass is 35.5. The summed E-state index contributed by atoms with van der Waals surface area (Å²) >= 11 is 6.43. The molecular formula is C22H26ClN3O. The monoisotopic (exact) mass is 383 g/mol. The van der Waals surface area contributed by atoms with Gasteiger partial charge in [-0.25, -0.2) is 4.98 Å². The van der Waals surface area contributed by atoms with E-state index in [4.69, 9.17) is 16.3 Å². The minimum absolute atomic E-state index is 0.00436. The van der Waals surface area contributed by atoms with E-state index in [1.807, 2.05) is 50.4 Å². The number of hydrogen-bond donors (Lipinski definition) is 1. The number of nitrogens with zero attached hydrogens (tertiary/aromatic N) is 2. The van der Waals surface area contributed by atoms with Crippen LogP contribution in [-0.4, -0.2) is 28.2 Å². The summed E-state index contributed by atoms with van der Waals surface area (Å²) in [6.07, 6.45) is 4.70. The third-order valence-electron chi connectivity index (χ3n) is 4.65. The van der Waals surface area contributed by atoms with Crippen LogP contribution in [0.4, 0.5) is 0 Å². The van der Waals surface area contributed by atoms with E-state index in [-0.39, 0.29) is 5.54 Å². The van der Waals surface area contributed by atoms with Crippen molar-refractivity contribution in [2.75, 3.05) is 6.61 Å². The zero-order valence-electron chi connectivity index (χ0n) is 16.3. The molecule has 1 aromatic carbocycles. The Bertz CT molecular complexity index is 917. The number of para-hydroxylation sites is 1. The lowest BCUT2D eigenvalue weighted by atomic mass is 9.85. The molecule has 3 aromatic rings. The van der Waals surface area contributed by atoms with Crippen LogP contribution in [0.3, 0.4) is 0 Å². The minimum atomic E-state index is 0.00436. The summed E-state index contributed by atoms with van der Waals surface area (Å²) in [6, 6.07) is 12.5. The summed E-state index contributed by atoms with van der Waals surface area (Å²) in [4.78, 5) is 8.84. The highest BCUT2D eigenvalue weighted by molar-refractivity contribution is 6.32. The van der Waals surface area contributed by atoms with Gasteiger partial charge in [0.15, 0.2) is 0 Å². The van der Waals surface area contributed by atoms with Crippen molar-refractivity contribution in [3.8, 4) is 17.0 Å². The van der Waals surface area contributed by atoms with Gasteiger partial charge < -0.3 is 10.1 Å². The molecule has 1 unspecified atom stereocenters. The maximum Gasteiger partial charge on any atom is 0.232 e. The number of pyridine rings is 2. The number of rotatable bonds is 4. The molecule has 2 aromatic heterocycles. The lowest BCUT2D eigenvalue weighted by molar-refractivity contribution is 0.0927. The third-order valence-corrected chi connectivity index (χ3v) is 4.92. The highest BCUT2D eigenvalue weighted by Crippen LogP contribution is 2.32. The summed E-state index contributed by atoms with van der Waals surface area (Å²) in [6.45, 7) is 8.88. The van der Waals surface area contributed by atoms with E-state index in [0.29, 0.717) is 23.6 Å². The molecule has 1 fully saturated rings. The Morgan fingerprint density at radius 3 is 2.67 bits per heavy atom. The van der Waals surface area contributed by atoms with Gasteiger partial charge in [-0.3, -0.25) is 4.98 Å². The van der Waals surface area contributed by atoms with Crippen LogP contribution in [0.5, 0.6) is 5.88 Å². The van der Waals surface area contributed by atoms with Crippen molar-refractivity contribution in [2.45, 2.75) is 45.7 Å². The van der Waals surface area contributed by atoms with Crippen LogP contribution in [0, 0.1) is 0 Å². The number of benzene rings is 1. The molecule has 4 rings (SSSR count). The van der Waals surface area contributed by atoms with E-state index in [2.05, 4.69) is 35.2 Å². The number of aromatic nitrogens is 2. The molecule has 1 aliphatic rings. The molecule has 0 amide bonds. The summed E-state index contributed by atoms with van der Waals surface area (Å²) in [5, 5.41) is 5.07. The van der Waals surface area contributed by atoms with E-state index < -0.39 is 0 Å². The van der Waals surface area contributed by atoms with Crippen LogP contribution in [0.15, 0.2) is 48.8 Å². The number of ether oxygens (including phenoxy) is 1. The molecule has 3 heterocycles. The number of halogens is 1. The van der Waals surface area contributed by atoms with Gasteiger partial charge in [0, 0.05) is 29.4 Å². The van der Waals surface area contributed by atoms with Crippen molar-refractivity contribution in [1.82, 2.24) is 15.3 Å². The van der Waals surface area contributed by atoms with Crippen LogP contribution in [0.1, 0.15) is 34.1 Å². The van der Waals surface area contributed by atoms with Gasteiger partial charge in [-0.2, -0.15) is 0 Å². The zero-order chi connectivity index (χ0) is 19.4. The Morgan fingerprint density at radius 1 is 1.22 bits per heavy atom. The number of hydrogen-bond acceptors (Lipinski definition) is 4. The maximum atomic E-state index is 6.43. The van der Waals surface area contributed by atoms with Crippen molar-refractivity contribution < 1.29 is 4.74 Å². The molecule has 2 atom stereocenters. The summed E-state index contributed by atoms with van der Waals surface area (Å²) in [7, 11) is 0. The first-order valence-corrected chi connectivity index (χ1v) is 9.82. The second kappa shape index (κ2) is 8.24. The third kappa shape index (κ3) is 4.23. The fourth-order valence-corrected chi connectivity index (χ4v) is 3.83. The van der Waals surface area contributed by atoms with Gasteiger partial charge in [0.1, 0.15) is 11.6 Å². The zero-order valence-corrected chi connectivity index (χ0v) is 17.0. The molecular weight excluding hydrogens is 358 g/mol. The van der Waals surface area contributed by atoms with Gasteiger partial charge >= 0.3 is 0 Å². The largest absolute Gasteiger partial charge is 0.475 e. The molecule has 0 aliphatic carbocycles. The molecule has 0 radical (unpaired) electrons. The fraction of sp³-hybridized carbons (Fsp3) is 0.364. The normalized spacial score (nSPS) is 21.1. The van der Waals surface area contributed by atoms with Crippen LogP contribution in [0.25, 0.3) is 22.0 Å². The smallest absolute Gasteiger partial charge is 0.232 e. The quantitative estimate of drug-likeness (QED) is 0.646. The fourth-order valence-electron chi connectivity index (χ4n) is 3.60. The first kappa shape index (κ1) is 19.6. The van der Waals surface area contributed by atoms with Crippen LogP contribution in [0.2, 0.25) is 5.02 Å². The molecule has 5 heteroatoms. The predicted molar refractivity (Wildman–Crippen MR) is 112 cm³/mol. The average molecular weight is 384 g/mol. The van der Waals surface area contributed by atoms with Gasteiger partial charge in [0.25, 0.3) is 0 Å². The van der Waals surface area contributed by atoms with Crippen molar-refractivity contribution in [1.29, 1.82) is 0 Å². The minimum Gasteiger partial charge on any atom is -0.475 e. The SMILES string of the molecule is CC.CC1C[C@@](C)(COc2ncc(-c3ccnc4ccccc34)cc2Cl)N1. The molecule has 0 saturated carbocycles. The molecule has 142 valence electrons. The van der Waals surface area contributed by atoms with E-state index in [1.54, 1.807) is 6.20 Å². The van der Waals surface area contributed by atoms with Crippen LogP contribution >= 0.6 is 11.6 Å². The van der Waals surface area contributed by atoms with Crippen molar-refractivity contribution in [3.63, 3.8) is 0 Å². The second-order valence-corrected chi connectivity index (χ2v) is 7.39. The van der Waals surface area contributed by atoms with Gasteiger partial charge in [0.05, 0.1) is 11.1 Å². The molecule has 0 bridgehead atoms. The van der Waals surface area contributed by atoms with Crippen molar-refractivity contribution in [3.05, 3.63) is 53.8 Å².